The van der Waals surface area contributed by atoms with Gasteiger partial charge in [0.15, 0.2) is 0 Å². The Kier molecular flexibility index (Phi) is 8.62. The highest BCUT2D eigenvalue weighted by molar-refractivity contribution is 5.82. The summed E-state index contributed by atoms with van der Waals surface area (Å²) in [7, 11) is 0. The van der Waals surface area contributed by atoms with Crippen molar-refractivity contribution in [1.29, 1.82) is 0 Å². The van der Waals surface area contributed by atoms with E-state index in [0.29, 0.717) is 19.1 Å². The van der Waals surface area contributed by atoms with Crippen LogP contribution < -0.4 is 0 Å². The number of unbranched alkanes of at least 4 members (excludes halogenated alkanes) is 2. The van der Waals surface area contributed by atoms with Crippen LogP contribution in [-0.4, -0.2) is 25.2 Å². The molecule has 2 atom stereocenters. The van der Waals surface area contributed by atoms with Gasteiger partial charge in [-0.3, -0.25) is 9.59 Å². The zero-order chi connectivity index (χ0) is 17.2. The van der Waals surface area contributed by atoms with Crippen molar-refractivity contribution in [1.82, 2.24) is 0 Å². The molecule has 2 saturated carbocycles. The minimum Gasteiger partial charge on any atom is -0.465 e. The fourth-order valence-electron chi connectivity index (χ4n) is 3.99. The van der Waals surface area contributed by atoms with Crippen molar-refractivity contribution in [3.8, 4) is 0 Å². The zero-order valence-corrected chi connectivity index (χ0v) is 15.3. The van der Waals surface area contributed by atoms with E-state index in [1.54, 1.807) is 0 Å². The van der Waals surface area contributed by atoms with E-state index in [9.17, 15) is 9.59 Å². The molecule has 0 spiro atoms. The van der Waals surface area contributed by atoms with Gasteiger partial charge in [0.2, 0.25) is 0 Å². The lowest BCUT2D eigenvalue weighted by Crippen LogP contribution is -2.35. The average molecular weight is 338 g/mol. The van der Waals surface area contributed by atoms with Gasteiger partial charge in [0.05, 0.1) is 25.0 Å². The molecule has 2 unspecified atom stereocenters. The van der Waals surface area contributed by atoms with Crippen molar-refractivity contribution in [3.05, 3.63) is 0 Å². The third-order valence-electron chi connectivity index (χ3n) is 5.55. The number of rotatable bonds is 8. The molecule has 0 amide bonds. The van der Waals surface area contributed by atoms with Crippen molar-refractivity contribution in [2.24, 2.45) is 17.8 Å². The maximum atomic E-state index is 12.5. The van der Waals surface area contributed by atoms with Gasteiger partial charge in [0.25, 0.3) is 0 Å². The summed E-state index contributed by atoms with van der Waals surface area (Å²) in [6.45, 7) is 3.14. The van der Waals surface area contributed by atoms with Gasteiger partial charge in [-0.25, -0.2) is 0 Å². The molecule has 2 rings (SSSR count). The maximum absolute atomic E-state index is 12.5. The van der Waals surface area contributed by atoms with Crippen LogP contribution in [-0.2, 0) is 19.1 Å². The molecule has 0 radical (unpaired) electrons. The van der Waals surface area contributed by atoms with E-state index in [0.717, 1.165) is 44.9 Å². The Morgan fingerprint density at radius 1 is 0.792 bits per heavy atom. The van der Waals surface area contributed by atoms with Crippen LogP contribution in [0.3, 0.4) is 0 Å². The first-order valence-electron chi connectivity index (χ1n) is 10.1. The minimum absolute atomic E-state index is 0.171. The number of carbonyl (C=O) groups excluding carboxylic acids is 2. The Bertz CT molecular complexity index is 387. The zero-order valence-electron chi connectivity index (χ0n) is 15.3. The Labute approximate surface area is 146 Å². The Morgan fingerprint density at radius 2 is 1.38 bits per heavy atom. The molecule has 0 bridgehead atoms. The normalized spacial score (nSPS) is 25.2. The molecule has 0 saturated heterocycles. The second kappa shape index (κ2) is 10.7. The van der Waals surface area contributed by atoms with Crippen LogP contribution >= 0.6 is 0 Å². The van der Waals surface area contributed by atoms with Gasteiger partial charge in [0.1, 0.15) is 0 Å². The smallest absolute Gasteiger partial charge is 0.309 e. The average Bonchev–Trinajstić information content (AvgIpc) is 2.64. The molecule has 2 fully saturated rings. The Morgan fingerprint density at radius 3 is 2.00 bits per heavy atom. The van der Waals surface area contributed by atoms with Crippen LogP contribution in [0.15, 0.2) is 0 Å². The van der Waals surface area contributed by atoms with Crippen molar-refractivity contribution in [2.75, 3.05) is 13.2 Å². The van der Waals surface area contributed by atoms with E-state index in [4.69, 9.17) is 9.47 Å². The molecular weight excluding hydrogens is 304 g/mol. The van der Waals surface area contributed by atoms with Crippen LogP contribution in [0.4, 0.5) is 0 Å². The SMILES string of the molecule is CCCCCOC(=O)C1CCCCC1C(=O)OCC1CCCCC1. The second-order valence-corrected chi connectivity index (χ2v) is 7.51. The van der Waals surface area contributed by atoms with E-state index < -0.39 is 0 Å². The van der Waals surface area contributed by atoms with E-state index in [2.05, 4.69) is 6.92 Å². The number of hydrogen-bond acceptors (Lipinski definition) is 4. The van der Waals surface area contributed by atoms with Crippen LogP contribution in [0.25, 0.3) is 0 Å². The van der Waals surface area contributed by atoms with Gasteiger partial charge in [-0.1, -0.05) is 51.9 Å². The molecule has 2 aliphatic carbocycles. The molecular formula is C20H34O4. The molecule has 138 valence electrons. The van der Waals surface area contributed by atoms with Crippen LogP contribution in [0.2, 0.25) is 0 Å². The molecule has 0 aromatic heterocycles. The molecule has 0 aromatic rings. The lowest BCUT2D eigenvalue weighted by Gasteiger charge is -2.29. The van der Waals surface area contributed by atoms with Crippen molar-refractivity contribution < 1.29 is 19.1 Å². The van der Waals surface area contributed by atoms with E-state index in [1.165, 1.54) is 32.1 Å². The number of esters is 2. The first kappa shape index (κ1) is 19.3. The number of ether oxygens (including phenoxy) is 2. The van der Waals surface area contributed by atoms with Crippen LogP contribution in [0.5, 0.6) is 0 Å². The quantitative estimate of drug-likeness (QED) is 0.477. The molecule has 4 nitrogen and oxygen atoms in total. The van der Waals surface area contributed by atoms with Crippen LogP contribution in [0.1, 0.15) is 84.0 Å². The summed E-state index contributed by atoms with van der Waals surface area (Å²) in [5.41, 5.74) is 0. The lowest BCUT2D eigenvalue weighted by atomic mass is 9.79. The summed E-state index contributed by atoms with van der Waals surface area (Å²) in [4.78, 5) is 24.9. The molecule has 24 heavy (non-hydrogen) atoms. The summed E-state index contributed by atoms with van der Waals surface area (Å²) in [5, 5.41) is 0. The van der Waals surface area contributed by atoms with Gasteiger partial charge < -0.3 is 9.47 Å². The van der Waals surface area contributed by atoms with Crippen molar-refractivity contribution >= 4 is 11.9 Å². The number of hydrogen-bond donors (Lipinski definition) is 0. The summed E-state index contributed by atoms with van der Waals surface area (Å²) < 4.78 is 11.0. The molecule has 0 aliphatic heterocycles. The lowest BCUT2D eigenvalue weighted by molar-refractivity contribution is -0.163. The third kappa shape index (κ3) is 6.10. The monoisotopic (exact) mass is 338 g/mol. The van der Waals surface area contributed by atoms with Crippen molar-refractivity contribution in [2.45, 2.75) is 84.0 Å². The fourth-order valence-corrected chi connectivity index (χ4v) is 3.99. The standard InChI is InChI=1S/C20H34O4/c1-2-3-9-14-23-19(21)17-12-7-8-13-18(17)20(22)24-15-16-10-5-4-6-11-16/h16-18H,2-15H2,1H3. The summed E-state index contributed by atoms with van der Waals surface area (Å²) in [5.74, 6) is -0.424. The molecule has 0 heterocycles. The molecule has 0 aromatic carbocycles. The minimum atomic E-state index is -0.292. The highest BCUT2D eigenvalue weighted by Crippen LogP contribution is 2.33. The molecule has 4 heteroatoms. The molecule has 2 aliphatic rings. The summed E-state index contributed by atoms with van der Waals surface area (Å²) in [6.07, 6.45) is 12.8. The van der Waals surface area contributed by atoms with Gasteiger partial charge in [0, 0.05) is 0 Å². The van der Waals surface area contributed by atoms with E-state index >= 15 is 0 Å². The van der Waals surface area contributed by atoms with Gasteiger partial charge in [-0.15, -0.1) is 0 Å². The predicted molar refractivity (Wildman–Crippen MR) is 93.5 cm³/mol. The third-order valence-corrected chi connectivity index (χ3v) is 5.55. The second-order valence-electron chi connectivity index (χ2n) is 7.51. The van der Waals surface area contributed by atoms with Gasteiger partial charge in [-0.2, -0.15) is 0 Å². The highest BCUT2D eigenvalue weighted by Gasteiger charge is 2.38. The Hall–Kier alpha value is -1.06. The molecule has 0 N–H and O–H groups in total. The first-order valence-corrected chi connectivity index (χ1v) is 10.1. The Balaban J connectivity index is 1.78. The number of carbonyl (C=O) groups is 2. The summed E-state index contributed by atoms with van der Waals surface area (Å²) >= 11 is 0. The van der Waals surface area contributed by atoms with Crippen molar-refractivity contribution in [3.63, 3.8) is 0 Å². The van der Waals surface area contributed by atoms with Gasteiger partial charge in [-0.05, 0) is 38.0 Å². The maximum Gasteiger partial charge on any atom is 0.309 e. The van der Waals surface area contributed by atoms with Crippen LogP contribution in [0, 0.1) is 17.8 Å². The highest BCUT2D eigenvalue weighted by atomic mass is 16.5. The topological polar surface area (TPSA) is 52.6 Å². The van der Waals surface area contributed by atoms with Gasteiger partial charge >= 0.3 is 11.9 Å². The summed E-state index contributed by atoms with van der Waals surface area (Å²) in [6, 6.07) is 0. The predicted octanol–water partition coefficient (Wildman–Crippen LogP) is 4.65. The fraction of sp³-hybridized carbons (Fsp3) is 0.900. The largest absolute Gasteiger partial charge is 0.465 e. The first-order chi connectivity index (χ1) is 11.7. The van der Waals surface area contributed by atoms with E-state index in [1.807, 2.05) is 0 Å². The van der Waals surface area contributed by atoms with E-state index in [-0.39, 0.29) is 23.8 Å².